The number of nitrogens with two attached hydrogens (primary N) is 1. The summed E-state index contributed by atoms with van der Waals surface area (Å²) in [6.07, 6.45) is 0.726. The zero-order valence-electron chi connectivity index (χ0n) is 8.91. The van der Waals surface area contributed by atoms with E-state index in [1.54, 1.807) is 0 Å². The minimum absolute atomic E-state index is 0.0651. The van der Waals surface area contributed by atoms with Crippen molar-refractivity contribution in [2.24, 2.45) is 0 Å². The molecule has 1 heterocycles. The molecule has 0 saturated carbocycles. The van der Waals surface area contributed by atoms with E-state index in [0.29, 0.717) is 15.1 Å². The lowest BCUT2D eigenvalue weighted by Crippen LogP contribution is -1.94. The van der Waals surface area contributed by atoms with Gasteiger partial charge in [0.15, 0.2) is 4.34 Å². The Labute approximate surface area is 105 Å². The smallest absolute Gasteiger partial charge is 0.174 e. The molecule has 0 spiro atoms. The van der Waals surface area contributed by atoms with Crippen molar-refractivity contribution < 1.29 is 8.78 Å². The van der Waals surface area contributed by atoms with Gasteiger partial charge in [0.1, 0.15) is 17.5 Å². The second-order valence-corrected chi connectivity index (χ2v) is 5.27. The Hall–Kier alpha value is -1.21. The highest BCUT2D eigenvalue weighted by molar-refractivity contribution is 8.01. The molecule has 0 unspecified atom stereocenters. The molecule has 2 rings (SSSR count). The summed E-state index contributed by atoms with van der Waals surface area (Å²) in [6.45, 7) is 1.94. The van der Waals surface area contributed by atoms with E-state index in [0.717, 1.165) is 24.2 Å². The van der Waals surface area contributed by atoms with E-state index in [1.807, 2.05) is 6.92 Å². The van der Waals surface area contributed by atoms with Crippen molar-refractivity contribution in [1.82, 2.24) is 9.36 Å². The number of rotatable bonds is 3. The van der Waals surface area contributed by atoms with Crippen molar-refractivity contribution in [2.75, 3.05) is 5.73 Å². The summed E-state index contributed by atoms with van der Waals surface area (Å²) in [5, 5.41) is 0. The molecule has 0 radical (unpaired) electrons. The Balaban J connectivity index is 2.29. The monoisotopic (exact) mass is 273 g/mol. The van der Waals surface area contributed by atoms with Crippen LogP contribution in [0, 0.1) is 11.6 Å². The van der Waals surface area contributed by atoms with Gasteiger partial charge in [0.25, 0.3) is 0 Å². The number of nitrogen functional groups attached to an aromatic ring is 1. The van der Waals surface area contributed by atoms with Crippen molar-refractivity contribution in [3.8, 4) is 0 Å². The maximum absolute atomic E-state index is 13.2. The van der Waals surface area contributed by atoms with Crippen LogP contribution in [0.25, 0.3) is 0 Å². The Morgan fingerprint density at radius 3 is 2.82 bits per heavy atom. The summed E-state index contributed by atoms with van der Waals surface area (Å²) in [6, 6.07) is 1.95. The average Bonchev–Trinajstić information content (AvgIpc) is 2.73. The Morgan fingerprint density at radius 2 is 2.18 bits per heavy atom. The van der Waals surface area contributed by atoms with Crippen LogP contribution in [0.2, 0.25) is 0 Å². The van der Waals surface area contributed by atoms with Crippen molar-refractivity contribution in [3.63, 3.8) is 0 Å². The summed E-state index contributed by atoms with van der Waals surface area (Å²) >= 11 is 2.31. The van der Waals surface area contributed by atoms with Crippen LogP contribution in [-0.2, 0) is 6.42 Å². The minimum atomic E-state index is -0.757. The molecule has 2 aromatic rings. The quantitative estimate of drug-likeness (QED) is 0.873. The second kappa shape index (κ2) is 4.97. The van der Waals surface area contributed by atoms with E-state index < -0.39 is 11.6 Å². The largest absolute Gasteiger partial charge is 0.395 e. The molecule has 0 bridgehead atoms. The molecule has 0 amide bonds. The average molecular weight is 273 g/mol. The highest BCUT2D eigenvalue weighted by atomic mass is 32.2. The molecule has 1 aromatic carbocycles. The molecule has 0 saturated heterocycles. The number of halogens is 2. The Morgan fingerprint density at radius 1 is 1.41 bits per heavy atom. The van der Waals surface area contributed by atoms with Crippen LogP contribution in [0.5, 0.6) is 0 Å². The van der Waals surface area contributed by atoms with Gasteiger partial charge in [0, 0.05) is 17.4 Å². The van der Waals surface area contributed by atoms with Crippen LogP contribution in [0.3, 0.4) is 0 Å². The maximum atomic E-state index is 13.2. The van der Waals surface area contributed by atoms with Gasteiger partial charge in [0.05, 0.1) is 5.69 Å². The van der Waals surface area contributed by atoms with Crippen molar-refractivity contribution in [1.29, 1.82) is 0 Å². The SMILES string of the molecule is CCc1nsc(Sc2cc(F)cc(F)c2N)n1. The molecule has 0 atom stereocenters. The molecule has 0 fully saturated rings. The number of aromatic nitrogens is 2. The van der Waals surface area contributed by atoms with Gasteiger partial charge in [-0.25, -0.2) is 13.8 Å². The normalized spacial score (nSPS) is 10.8. The second-order valence-electron chi connectivity index (χ2n) is 3.23. The maximum Gasteiger partial charge on any atom is 0.174 e. The molecule has 0 aliphatic rings. The molecule has 90 valence electrons. The summed E-state index contributed by atoms with van der Waals surface area (Å²) < 4.78 is 31.0. The first-order valence-electron chi connectivity index (χ1n) is 4.85. The minimum Gasteiger partial charge on any atom is -0.395 e. The first-order valence-corrected chi connectivity index (χ1v) is 6.44. The lowest BCUT2D eigenvalue weighted by molar-refractivity contribution is 0.581. The third-order valence-electron chi connectivity index (χ3n) is 2.02. The summed E-state index contributed by atoms with van der Waals surface area (Å²) in [7, 11) is 0. The van der Waals surface area contributed by atoms with E-state index in [4.69, 9.17) is 5.73 Å². The van der Waals surface area contributed by atoms with E-state index in [-0.39, 0.29) is 5.69 Å². The third kappa shape index (κ3) is 2.73. The van der Waals surface area contributed by atoms with Crippen LogP contribution >= 0.6 is 23.3 Å². The summed E-state index contributed by atoms with van der Waals surface area (Å²) in [4.78, 5) is 4.52. The lowest BCUT2D eigenvalue weighted by atomic mass is 10.3. The van der Waals surface area contributed by atoms with Gasteiger partial charge in [0.2, 0.25) is 0 Å². The standard InChI is InChI=1S/C10H9F2N3S2/c1-2-8-14-10(17-15-8)16-7-4-5(11)3-6(12)9(7)13/h3-4H,2,13H2,1H3. The molecule has 0 aliphatic carbocycles. The summed E-state index contributed by atoms with van der Waals surface area (Å²) in [5.41, 5.74) is 5.47. The summed E-state index contributed by atoms with van der Waals surface area (Å²) in [5.74, 6) is -0.694. The van der Waals surface area contributed by atoms with Gasteiger partial charge in [-0.2, -0.15) is 4.37 Å². The van der Waals surface area contributed by atoms with Crippen LogP contribution in [0.15, 0.2) is 21.4 Å². The fourth-order valence-electron chi connectivity index (χ4n) is 1.16. The zero-order valence-corrected chi connectivity index (χ0v) is 10.5. The zero-order chi connectivity index (χ0) is 12.4. The van der Waals surface area contributed by atoms with Gasteiger partial charge < -0.3 is 5.73 Å². The van der Waals surface area contributed by atoms with E-state index >= 15 is 0 Å². The van der Waals surface area contributed by atoms with Gasteiger partial charge in [-0.05, 0) is 17.6 Å². The van der Waals surface area contributed by atoms with Crippen molar-refractivity contribution in [2.45, 2.75) is 22.6 Å². The first-order chi connectivity index (χ1) is 8.10. The molecule has 7 heteroatoms. The number of nitrogens with zero attached hydrogens (tertiary/aromatic N) is 2. The molecule has 1 aromatic heterocycles. The molecule has 2 N–H and O–H groups in total. The van der Waals surface area contributed by atoms with Crippen molar-refractivity contribution in [3.05, 3.63) is 29.6 Å². The van der Waals surface area contributed by atoms with E-state index in [9.17, 15) is 8.78 Å². The van der Waals surface area contributed by atoms with Crippen LogP contribution < -0.4 is 5.73 Å². The number of anilines is 1. The molecule has 17 heavy (non-hydrogen) atoms. The van der Waals surface area contributed by atoms with E-state index in [1.165, 1.54) is 17.6 Å². The van der Waals surface area contributed by atoms with Crippen molar-refractivity contribution >= 4 is 29.0 Å². The van der Waals surface area contributed by atoms with Gasteiger partial charge in [-0.1, -0.05) is 18.7 Å². The molecule has 0 aliphatic heterocycles. The van der Waals surface area contributed by atoms with Gasteiger partial charge >= 0.3 is 0 Å². The first kappa shape index (κ1) is 12.3. The molecular formula is C10H9F2N3S2. The topological polar surface area (TPSA) is 51.8 Å². The molecule has 3 nitrogen and oxygen atoms in total. The Kier molecular flexibility index (Phi) is 3.58. The Bertz CT molecular complexity index is 542. The van der Waals surface area contributed by atoms with Crippen LogP contribution in [0.4, 0.5) is 14.5 Å². The fourth-order valence-corrected chi connectivity index (χ4v) is 2.91. The number of hydrogen-bond acceptors (Lipinski definition) is 5. The number of benzene rings is 1. The fraction of sp³-hybridized carbons (Fsp3) is 0.200. The predicted molar refractivity (Wildman–Crippen MR) is 64.2 cm³/mol. The third-order valence-corrected chi connectivity index (χ3v) is 3.87. The van der Waals surface area contributed by atoms with E-state index in [2.05, 4.69) is 9.36 Å². The highest BCUT2D eigenvalue weighted by Crippen LogP contribution is 2.34. The van der Waals surface area contributed by atoms with Gasteiger partial charge in [-0.15, -0.1) is 0 Å². The molecular weight excluding hydrogens is 264 g/mol. The highest BCUT2D eigenvalue weighted by Gasteiger charge is 2.12. The van der Waals surface area contributed by atoms with Crippen LogP contribution in [-0.4, -0.2) is 9.36 Å². The number of aryl methyl sites for hydroxylation is 1. The van der Waals surface area contributed by atoms with Gasteiger partial charge in [-0.3, -0.25) is 0 Å². The lowest BCUT2D eigenvalue weighted by Gasteiger charge is -2.03. The number of hydrogen-bond donors (Lipinski definition) is 1. The predicted octanol–water partition coefficient (Wildman–Crippen LogP) is 3.11. The van der Waals surface area contributed by atoms with Crippen LogP contribution in [0.1, 0.15) is 12.7 Å².